The summed E-state index contributed by atoms with van der Waals surface area (Å²) in [5.41, 5.74) is 7.07. The Bertz CT molecular complexity index is 1070. The lowest BCUT2D eigenvalue weighted by Gasteiger charge is -2.29. The molecule has 1 aliphatic heterocycles. The van der Waals surface area contributed by atoms with Crippen LogP contribution in [0.25, 0.3) is 0 Å². The lowest BCUT2D eigenvalue weighted by molar-refractivity contribution is 0.547. The first-order valence-electron chi connectivity index (χ1n) is 10.8. The third-order valence-corrected chi connectivity index (χ3v) is 6.42. The van der Waals surface area contributed by atoms with E-state index in [-0.39, 0.29) is 12.1 Å². The van der Waals surface area contributed by atoms with E-state index in [0.29, 0.717) is 6.04 Å². The van der Waals surface area contributed by atoms with Gasteiger partial charge in [-0.2, -0.15) is 0 Å². The highest BCUT2D eigenvalue weighted by Crippen LogP contribution is 2.43. The van der Waals surface area contributed by atoms with E-state index in [9.17, 15) is 0 Å². The maximum Gasteiger partial charge on any atom is 0.174 e. The van der Waals surface area contributed by atoms with Crippen LogP contribution in [-0.4, -0.2) is 28.8 Å². The highest BCUT2D eigenvalue weighted by Gasteiger charge is 2.42. The summed E-state index contributed by atoms with van der Waals surface area (Å²) in [4.78, 5) is 9.02. The molecular weight excluding hydrogens is 402 g/mol. The van der Waals surface area contributed by atoms with Crippen LogP contribution in [0, 0.1) is 13.8 Å². The Labute approximate surface area is 190 Å². The number of pyridine rings is 1. The van der Waals surface area contributed by atoms with Gasteiger partial charge in [-0.1, -0.05) is 6.07 Å². The van der Waals surface area contributed by atoms with E-state index >= 15 is 0 Å². The number of hydrogen-bond donors (Lipinski definition) is 1. The zero-order valence-corrected chi connectivity index (χ0v) is 19.9. The van der Waals surface area contributed by atoms with Crippen LogP contribution >= 0.6 is 12.2 Å². The van der Waals surface area contributed by atoms with Crippen molar-refractivity contribution in [3.63, 3.8) is 0 Å². The van der Waals surface area contributed by atoms with Crippen LogP contribution < -0.4 is 15.1 Å². The first-order chi connectivity index (χ1) is 14.8. The summed E-state index contributed by atoms with van der Waals surface area (Å²) in [6.07, 6.45) is 1.85. The zero-order valence-electron chi connectivity index (χ0n) is 19.1. The van der Waals surface area contributed by atoms with E-state index < -0.39 is 0 Å². The largest absolute Gasteiger partial charge is 0.378 e. The van der Waals surface area contributed by atoms with Crippen molar-refractivity contribution in [3.8, 4) is 0 Å². The number of rotatable bonds is 5. The average molecular weight is 434 g/mol. The molecule has 1 saturated heterocycles. The fourth-order valence-electron chi connectivity index (χ4n) is 4.76. The minimum Gasteiger partial charge on any atom is -0.378 e. The van der Waals surface area contributed by atoms with Crippen molar-refractivity contribution in [3.05, 3.63) is 77.4 Å². The second-order valence-electron chi connectivity index (χ2n) is 8.70. The molecule has 31 heavy (non-hydrogen) atoms. The van der Waals surface area contributed by atoms with Crippen molar-refractivity contribution < 1.29 is 0 Å². The van der Waals surface area contributed by atoms with Gasteiger partial charge >= 0.3 is 0 Å². The van der Waals surface area contributed by atoms with E-state index in [1.54, 1.807) is 0 Å². The van der Waals surface area contributed by atoms with Crippen molar-refractivity contribution >= 4 is 28.7 Å². The van der Waals surface area contributed by atoms with Crippen molar-refractivity contribution in [2.75, 3.05) is 23.9 Å². The van der Waals surface area contributed by atoms with Gasteiger partial charge in [-0.3, -0.25) is 4.98 Å². The smallest absolute Gasteiger partial charge is 0.174 e. The van der Waals surface area contributed by atoms with Crippen LogP contribution in [0.4, 0.5) is 11.4 Å². The molecule has 1 aliphatic rings. The summed E-state index contributed by atoms with van der Waals surface area (Å²) in [6, 6.07) is 17.4. The third kappa shape index (κ3) is 3.81. The molecule has 5 nitrogen and oxygen atoms in total. The minimum absolute atomic E-state index is 0.0197. The van der Waals surface area contributed by atoms with Gasteiger partial charge in [0, 0.05) is 49.1 Å². The van der Waals surface area contributed by atoms with Gasteiger partial charge in [-0.05, 0) is 87.9 Å². The number of nitrogens with one attached hydrogen (secondary N) is 1. The second-order valence-corrected chi connectivity index (χ2v) is 9.08. The van der Waals surface area contributed by atoms with Crippen molar-refractivity contribution in [2.45, 2.75) is 45.8 Å². The van der Waals surface area contributed by atoms with E-state index in [4.69, 9.17) is 12.2 Å². The fourth-order valence-corrected chi connectivity index (χ4v) is 5.10. The van der Waals surface area contributed by atoms with Crippen LogP contribution in [0.3, 0.4) is 0 Å². The molecule has 1 N–H and O–H groups in total. The van der Waals surface area contributed by atoms with Gasteiger partial charge in [0.25, 0.3) is 0 Å². The molecule has 0 radical (unpaired) electrons. The quantitative estimate of drug-likeness (QED) is 0.551. The predicted octanol–water partition coefficient (Wildman–Crippen LogP) is 5.32. The lowest BCUT2D eigenvalue weighted by Crippen LogP contribution is -2.29. The van der Waals surface area contributed by atoms with Crippen LogP contribution in [-0.2, 0) is 0 Å². The van der Waals surface area contributed by atoms with Gasteiger partial charge in [0.05, 0.1) is 17.8 Å². The summed E-state index contributed by atoms with van der Waals surface area (Å²) in [5, 5.41) is 4.29. The third-order valence-electron chi connectivity index (χ3n) is 6.10. The Morgan fingerprint density at radius 2 is 1.77 bits per heavy atom. The molecule has 1 fully saturated rings. The molecule has 4 rings (SSSR count). The minimum atomic E-state index is -0.0247. The number of nitrogens with zero attached hydrogens (tertiary/aromatic N) is 4. The fraction of sp³-hybridized carbons (Fsp3) is 0.360. The molecule has 0 bridgehead atoms. The molecule has 0 spiro atoms. The molecule has 3 heterocycles. The average Bonchev–Trinajstić information content (AvgIpc) is 3.24. The molecule has 0 aliphatic carbocycles. The number of hydrogen-bond acceptors (Lipinski definition) is 3. The first kappa shape index (κ1) is 21.4. The normalized spacial score (nSPS) is 18.5. The summed E-state index contributed by atoms with van der Waals surface area (Å²) >= 11 is 5.87. The lowest BCUT2D eigenvalue weighted by atomic mass is 9.96. The number of thiocarbonyl (C=S) groups is 1. The Kier molecular flexibility index (Phi) is 5.75. The Morgan fingerprint density at radius 3 is 2.32 bits per heavy atom. The Balaban J connectivity index is 1.86. The van der Waals surface area contributed by atoms with Crippen molar-refractivity contribution in [2.24, 2.45) is 0 Å². The van der Waals surface area contributed by atoms with E-state index in [1.807, 2.05) is 18.3 Å². The van der Waals surface area contributed by atoms with Crippen LogP contribution in [0.1, 0.15) is 54.6 Å². The summed E-state index contributed by atoms with van der Waals surface area (Å²) in [5.74, 6) is 0. The number of anilines is 2. The molecule has 0 amide bonds. The van der Waals surface area contributed by atoms with Gasteiger partial charge < -0.3 is 19.7 Å². The first-order valence-corrected chi connectivity index (χ1v) is 11.2. The van der Waals surface area contributed by atoms with Gasteiger partial charge in [-0.15, -0.1) is 0 Å². The standard InChI is InChI=1S/C25H31N5S/c1-16(2)29-17(3)15-21(18(29)4)24-23(22-9-7-8-14-26-22)27-25(31)30(24)20-12-10-19(11-13-20)28(5)6/h7-16,23-24H,1-6H3,(H,27,31)/t23-,24+/m1/s1. The summed E-state index contributed by atoms with van der Waals surface area (Å²) in [7, 11) is 4.11. The monoisotopic (exact) mass is 433 g/mol. The highest BCUT2D eigenvalue weighted by atomic mass is 32.1. The molecule has 162 valence electrons. The molecule has 2 aromatic heterocycles. The predicted molar refractivity (Wildman–Crippen MR) is 133 cm³/mol. The van der Waals surface area contributed by atoms with E-state index in [2.05, 4.69) is 103 Å². The summed E-state index contributed by atoms with van der Waals surface area (Å²) < 4.78 is 2.40. The highest BCUT2D eigenvalue weighted by molar-refractivity contribution is 7.80. The maximum absolute atomic E-state index is 5.87. The van der Waals surface area contributed by atoms with Crippen molar-refractivity contribution in [1.82, 2.24) is 14.9 Å². The molecule has 0 unspecified atom stereocenters. The zero-order chi connectivity index (χ0) is 22.3. The van der Waals surface area contributed by atoms with Crippen LogP contribution in [0.15, 0.2) is 54.7 Å². The maximum atomic E-state index is 5.87. The molecule has 3 aromatic rings. The van der Waals surface area contributed by atoms with Crippen LogP contribution in [0.2, 0.25) is 0 Å². The van der Waals surface area contributed by atoms with E-state index in [0.717, 1.165) is 22.2 Å². The van der Waals surface area contributed by atoms with Gasteiger partial charge in [0.2, 0.25) is 0 Å². The SMILES string of the molecule is Cc1cc([C@H]2[C@@H](c3ccccn3)NC(=S)N2c2ccc(N(C)C)cc2)c(C)n1C(C)C. The van der Waals surface area contributed by atoms with E-state index in [1.165, 1.54) is 17.0 Å². The number of benzene rings is 1. The van der Waals surface area contributed by atoms with Crippen molar-refractivity contribution in [1.29, 1.82) is 0 Å². The molecule has 0 saturated carbocycles. The van der Waals surface area contributed by atoms with Gasteiger partial charge in [0.1, 0.15) is 0 Å². The number of aryl methyl sites for hydroxylation is 1. The topological polar surface area (TPSA) is 36.3 Å². The Hall–Kier alpha value is -2.86. The van der Waals surface area contributed by atoms with Gasteiger partial charge in [-0.25, -0.2) is 0 Å². The Morgan fingerprint density at radius 1 is 1.06 bits per heavy atom. The number of aromatic nitrogens is 2. The molecule has 6 heteroatoms. The molecule has 1 aromatic carbocycles. The van der Waals surface area contributed by atoms with Crippen LogP contribution in [0.5, 0.6) is 0 Å². The van der Waals surface area contributed by atoms with Gasteiger partial charge in [0.15, 0.2) is 5.11 Å². The second kappa shape index (κ2) is 8.35. The molecular formula is C25H31N5S. The molecule has 2 atom stereocenters. The summed E-state index contributed by atoms with van der Waals surface area (Å²) in [6.45, 7) is 8.86.